The summed E-state index contributed by atoms with van der Waals surface area (Å²) in [5.41, 5.74) is 7.38. The van der Waals surface area contributed by atoms with E-state index in [4.69, 9.17) is 5.73 Å². The van der Waals surface area contributed by atoms with Gasteiger partial charge in [0.1, 0.15) is 0 Å². The molecule has 0 amide bonds. The lowest BCUT2D eigenvalue weighted by atomic mass is 10.2. The molecule has 0 fully saturated rings. The van der Waals surface area contributed by atoms with Crippen LogP contribution in [0.15, 0.2) is 17.9 Å². The molecular formula is C8H6F3N3S2. The van der Waals surface area contributed by atoms with Crippen LogP contribution in [0.2, 0.25) is 0 Å². The molecule has 0 saturated carbocycles. The fourth-order valence-corrected chi connectivity index (χ4v) is 2.60. The van der Waals surface area contributed by atoms with Crippen molar-refractivity contribution in [1.82, 2.24) is 9.97 Å². The number of halogens is 3. The highest BCUT2D eigenvalue weighted by molar-refractivity contribution is 7.12. The van der Waals surface area contributed by atoms with Gasteiger partial charge < -0.3 is 5.73 Å². The number of aromatic nitrogens is 2. The minimum absolute atomic E-state index is 0.386. The lowest BCUT2D eigenvalue weighted by Crippen LogP contribution is -2.08. The van der Waals surface area contributed by atoms with Crippen molar-refractivity contribution in [2.75, 3.05) is 0 Å². The summed E-state index contributed by atoms with van der Waals surface area (Å²) in [4.78, 5) is 8.25. The Morgan fingerprint density at radius 2 is 2.00 bits per heavy atom. The summed E-state index contributed by atoms with van der Waals surface area (Å²) in [5.74, 6) is 0. The summed E-state index contributed by atoms with van der Waals surface area (Å²) in [6.07, 6.45) is -1.70. The van der Waals surface area contributed by atoms with Gasteiger partial charge >= 0.3 is 6.18 Å². The Bertz CT molecular complexity index is 463. The minimum atomic E-state index is -4.41. The molecule has 8 heteroatoms. The second-order valence-electron chi connectivity index (χ2n) is 2.95. The molecule has 2 aromatic heterocycles. The Kier molecular flexibility index (Phi) is 2.96. The van der Waals surface area contributed by atoms with Gasteiger partial charge in [0, 0.05) is 22.1 Å². The molecule has 0 aliphatic rings. The van der Waals surface area contributed by atoms with E-state index >= 15 is 0 Å². The van der Waals surface area contributed by atoms with Crippen LogP contribution in [0.1, 0.15) is 20.8 Å². The predicted molar refractivity (Wildman–Crippen MR) is 55.3 cm³/mol. The average molecular weight is 265 g/mol. The van der Waals surface area contributed by atoms with E-state index in [-0.39, 0.29) is 0 Å². The van der Waals surface area contributed by atoms with Gasteiger partial charge in [0.05, 0.1) is 11.6 Å². The van der Waals surface area contributed by atoms with Crippen molar-refractivity contribution in [3.63, 3.8) is 0 Å². The molecule has 0 spiro atoms. The van der Waals surface area contributed by atoms with Crippen LogP contribution in [0.25, 0.3) is 0 Å². The van der Waals surface area contributed by atoms with Gasteiger partial charge in [-0.25, -0.2) is 4.98 Å². The van der Waals surface area contributed by atoms with Gasteiger partial charge in [-0.2, -0.15) is 13.2 Å². The number of rotatable bonds is 2. The van der Waals surface area contributed by atoms with E-state index in [1.165, 1.54) is 11.3 Å². The summed E-state index contributed by atoms with van der Waals surface area (Å²) in [5, 5.41) is -0.873. The van der Waals surface area contributed by atoms with E-state index in [1.807, 2.05) is 0 Å². The van der Waals surface area contributed by atoms with Crippen LogP contribution in [0.5, 0.6) is 0 Å². The van der Waals surface area contributed by atoms with Gasteiger partial charge in [-0.1, -0.05) is 0 Å². The highest BCUT2D eigenvalue weighted by atomic mass is 32.1. The Morgan fingerprint density at radius 3 is 2.50 bits per heavy atom. The van der Waals surface area contributed by atoms with Crippen molar-refractivity contribution >= 4 is 22.7 Å². The third-order valence-electron chi connectivity index (χ3n) is 1.83. The maximum absolute atomic E-state index is 12.3. The second kappa shape index (κ2) is 4.11. The number of alkyl halides is 3. The van der Waals surface area contributed by atoms with E-state index in [0.29, 0.717) is 16.2 Å². The molecule has 1 atom stereocenters. The highest BCUT2D eigenvalue weighted by Crippen LogP contribution is 2.35. The van der Waals surface area contributed by atoms with Crippen LogP contribution in [0.4, 0.5) is 13.2 Å². The Hall–Kier alpha value is -0.990. The molecule has 2 heterocycles. The van der Waals surface area contributed by atoms with Gasteiger partial charge in [0.15, 0.2) is 5.01 Å². The zero-order chi connectivity index (χ0) is 11.8. The lowest BCUT2D eigenvalue weighted by Gasteiger charge is -2.04. The maximum Gasteiger partial charge on any atom is 0.443 e. The lowest BCUT2D eigenvalue weighted by molar-refractivity contribution is -0.137. The van der Waals surface area contributed by atoms with Crippen LogP contribution < -0.4 is 5.73 Å². The standard InChI is InChI=1S/C8H6F3N3S2/c9-8(10,11)7-14-2-5(16-7)6(12)4-1-13-3-15-4/h1-3,6H,12H2. The molecule has 2 N–H and O–H groups in total. The smallest absolute Gasteiger partial charge is 0.319 e. The zero-order valence-electron chi connectivity index (χ0n) is 7.73. The minimum Gasteiger partial charge on any atom is -0.319 e. The first-order chi connectivity index (χ1) is 7.48. The predicted octanol–water partition coefficient (Wildman–Crippen LogP) is 2.67. The summed E-state index contributed by atoms with van der Waals surface area (Å²) in [6, 6.07) is -0.582. The third-order valence-corrected chi connectivity index (χ3v) is 3.81. The van der Waals surface area contributed by atoms with Gasteiger partial charge in [-0.15, -0.1) is 22.7 Å². The molecule has 2 aromatic rings. The first-order valence-corrected chi connectivity index (χ1v) is 5.85. The van der Waals surface area contributed by atoms with Crippen molar-refractivity contribution < 1.29 is 13.2 Å². The van der Waals surface area contributed by atoms with E-state index in [2.05, 4.69) is 9.97 Å². The summed E-state index contributed by atoms with van der Waals surface area (Å²) in [6.45, 7) is 0. The molecule has 0 aromatic carbocycles. The van der Waals surface area contributed by atoms with Crippen LogP contribution in [-0.4, -0.2) is 9.97 Å². The van der Waals surface area contributed by atoms with Crippen LogP contribution in [0, 0.1) is 0 Å². The van der Waals surface area contributed by atoms with Crippen LogP contribution in [-0.2, 0) is 6.18 Å². The largest absolute Gasteiger partial charge is 0.443 e. The monoisotopic (exact) mass is 265 g/mol. The molecule has 3 nitrogen and oxygen atoms in total. The number of hydrogen-bond acceptors (Lipinski definition) is 5. The fourth-order valence-electron chi connectivity index (χ4n) is 1.08. The normalized spacial score (nSPS) is 14.0. The maximum atomic E-state index is 12.3. The zero-order valence-corrected chi connectivity index (χ0v) is 9.36. The second-order valence-corrected chi connectivity index (χ2v) is 4.93. The van der Waals surface area contributed by atoms with Crippen molar-refractivity contribution in [1.29, 1.82) is 0 Å². The molecular weight excluding hydrogens is 259 g/mol. The molecule has 2 rings (SSSR count). The molecule has 86 valence electrons. The van der Waals surface area contributed by atoms with E-state index in [0.717, 1.165) is 11.1 Å². The molecule has 0 radical (unpaired) electrons. The van der Waals surface area contributed by atoms with Crippen molar-refractivity contribution in [2.24, 2.45) is 5.73 Å². The molecule has 0 bridgehead atoms. The van der Waals surface area contributed by atoms with Gasteiger partial charge in [0.25, 0.3) is 0 Å². The van der Waals surface area contributed by atoms with Crippen LogP contribution >= 0.6 is 22.7 Å². The Balaban J connectivity index is 2.26. The first kappa shape index (κ1) is 11.5. The molecule has 0 aliphatic carbocycles. The Morgan fingerprint density at radius 1 is 1.25 bits per heavy atom. The van der Waals surface area contributed by atoms with Crippen molar-refractivity contribution in [2.45, 2.75) is 12.2 Å². The summed E-state index contributed by atoms with van der Waals surface area (Å²) >= 11 is 1.87. The molecule has 0 saturated heterocycles. The fraction of sp³-hybridized carbons (Fsp3) is 0.250. The van der Waals surface area contributed by atoms with E-state index < -0.39 is 17.2 Å². The Labute approximate surface area is 96.8 Å². The third kappa shape index (κ3) is 2.23. The topological polar surface area (TPSA) is 51.8 Å². The van der Waals surface area contributed by atoms with Gasteiger partial charge in [0.2, 0.25) is 0 Å². The quantitative estimate of drug-likeness (QED) is 0.908. The molecule has 1 unspecified atom stereocenters. The number of thiazole rings is 2. The highest BCUT2D eigenvalue weighted by Gasteiger charge is 2.35. The van der Waals surface area contributed by atoms with E-state index in [9.17, 15) is 13.2 Å². The molecule has 0 aliphatic heterocycles. The number of hydrogen-bond donors (Lipinski definition) is 1. The number of nitrogens with zero attached hydrogens (tertiary/aromatic N) is 2. The van der Waals surface area contributed by atoms with Gasteiger partial charge in [-0.3, -0.25) is 4.98 Å². The first-order valence-electron chi connectivity index (χ1n) is 4.15. The SMILES string of the molecule is NC(c1cncs1)c1cnc(C(F)(F)F)s1. The van der Waals surface area contributed by atoms with Crippen LogP contribution in [0.3, 0.4) is 0 Å². The summed E-state index contributed by atoms with van der Waals surface area (Å²) in [7, 11) is 0. The molecule has 16 heavy (non-hydrogen) atoms. The van der Waals surface area contributed by atoms with Crippen molar-refractivity contribution in [3.05, 3.63) is 32.7 Å². The summed E-state index contributed by atoms with van der Waals surface area (Å²) < 4.78 is 36.9. The van der Waals surface area contributed by atoms with Crippen molar-refractivity contribution in [3.8, 4) is 0 Å². The average Bonchev–Trinajstić information content (AvgIpc) is 2.87. The van der Waals surface area contributed by atoms with Gasteiger partial charge in [-0.05, 0) is 0 Å². The van der Waals surface area contributed by atoms with E-state index in [1.54, 1.807) is 11.7 Å². The number of nitrogens with two attached hydrogens (primary N) is 1.